The molecule has 21 heavy (non-hydrogen) atoms. The van der Waals surface area contributed by atoms with E-state index < -0.39 is 9.84 Å². The fourth-order valence-corrected chi connectivity index (χ4v) is 6.10. The summed E-state index contributed by atoms with van der Waals surface area (Å²) in [7, 11) is -3.00. The topological polar surface area (TPSA) is 58.6 Å². The second kappa shape index (κ2) is 8.15. The lowest BCUT2D eigenvalue weighted by Gasteiger charge is -2.39. The third-order valence-electron chi connectivity index (χ3n) is 4.34. The van der Waals surface area contributed by atoms with E-state index in [1.807, 2.05) is 0 Å². The van der Waals surface area contributed by atoms with Crippen LogP contribution in [0, 0.1) is 0 Å². The quantitative estimate of drug-likeness (QED) is 0.747. The first-order valence-corrected chi connectivity index (χ1v) is 10.8. The van der Waals surface area contributed by atoms with E-state index in [1.165, 1.54) is 0 Å². The Morgan fingerprint density at radius 3 is 2.95 bits per heavy atom. The minimum Gasteiger partial charge on any atom is -0.377 e. The molecule has 0 amide bonds. The second-order valence-corrected chi connectivity index (χ2v) is 9.46. The monoisotopic (exact) mass is 336 g/mol. The Bertz CT molecular complexity index is 410. The molecule has 2 aliphatic rings. The highest BCUT2D eigenvalue weighted by atomic mass is 32.2. The predicted octanol–water partition coefficient (Wildman–Crippen LogP) is 0.953. The van der Waals surface area contributed by atoms with E-state index in [1.54, 1.807) is 18.7 Å². The van der Waals surface area contributed by atoms with Crippen LogP contribution in [0.25, 0.3) is 0 Å². The van der Waals surface area contributed by atoms with Gasteiger partial charge in [-0.25, -0.2) is 8.42 Å². The number of hydrogen-bond acceptors (Lipinski definition) is 6. The third kappa shape index (κ3) is 4.82. The summed E-state index contributed by atoms with van der Waals surface area (Å²) in [6, 6.07) is 0.235. The molecule has 0 radical (unpaired) electrons. The lowest BCUT2D eigenvalue weighted by Crippen LogP contribution is -2.54. The fraction of sp³-hybridized carbons (Fsp3) is 1.00. The van der Waals surface area contributed by atoms with Gasteiger partial charge in [-0.1, -0.05) is 6.92 Å². The number of rotatable bonds is 7. The zero-order valence-electron chi connectivity index (χ0n) is 13.1. The van der Waals surface area contributed by atoms with Gasteiger partial charge in [0, 0.05) is 49.5 Å². The maximum Gasteiger partial charge on any atom is 0.166 e. The highest BCUT2D eigenvalue weighted by molar-refractivity contribution is 8.01. The second-order valence-electron chi connectivity index (χ2n) is 5.86. The molecule has 124 valence electrons. The summed E-state index contributed by atoms with van der Waals surface area (Å²) >= 11 is 1.75. The Labute approximate surface area is 133 Å². The summed E-state index contributed by atoms with van der Waals surface area (Å²) in [5.41, 5.74) is 0. The molecule has 0 aromatic carbocycles. The van der Waals surface area contributed by atoms with Gasteiger partial charge < -0.3 is 10.1 Å². The summed E-state index contributed by atoms with van der Waals surface area (Å²) in [4.78, 5) is 2.16. The SMILES string of the molecule is CCS(=O)(=O)C1CSCCN1C(C)CNCC1CCCO1. The van der Waals surface area contributed by atoms with Crippen LogP contribution < -0.4 is 5.32 Å². The first-order chi connectivity index (χ1) is 10.0. The van der Waals surface area contributed by atoms with Gasteiger partial charge in [-0.05, 0) is 19.8 Å². The number of hydrogen-bond donors (Lipinski definition) is 1. The van der Waals surface area contributed by atoms with Crippen molar-refractivity contribution in [1.29, 1.82) is 0 Å². The molecule has 5 nitrogen and oxygen atoms in total. The lowest BCUT2D eigenvalue weighted by atomic mass is 10.2. The van der Waals surface area contributed by atoms with Crippen molar-refractivity contribution in [2.24, 2.45) is 0 Å². The molecule has 2 heterocycles. The number of ether oxygens (including phenoxy) is 1. The van der Waals surface area contributed by atoms with Crippen LogP contribution in [0.1, 0.15) is 26.7 Å². The van der Waals surface area contributed by atoms with Gasteiger partial charge in [0.15, 0.2) is 9.84 Å². The number of nitrogens with zero attached hydrogens (tertiary/aromatic N) is 1. The van der Waals surface area contributed by atoms with Gasteiger partial charge in [0.2, 0.25) is 0 Å². The Morgan fingerprint density at radius 1 is 1.48 bits per heavy atom. The van der Waals surface area contributed by atoms with E-state index in [9.17, 15) is 8.42 Å². The van der Waals surface area contributed by atoms with E-state index in [2.05, 4.69) is 17.1 Å². The van der Waals surface area contributed by atoms with Crippen LogP contribution in [0.4, 0.5) is 0 Å². The van der Waals surface area contributed by atoms with Crippen molar-refractivity contribution < 1.29 is 13.2 Å². The number of sulfone groups is 1. The number of nitrogens with one attached hydrogen (secondary N) is 1. The van der Waals surface area contributed by atoms with E-state index in [-0.39, 0.29) is 17.2 Å². The minimum absolute atomic E-state index is 0.227. The van der Waals surface area contributed by atoms with Gasteiger partial charge >= 0.3 is 0 Å². The lowest BCUT2D eigenvalue weighted by molar-refractivity contribution is 0.107. The van der Waals surface area contributed by atoms with Crippen LogP contribution >= 0.6 is 11.8 Å². The Balaban J connectivity index is 1.84. The van der Waals surface area contributed by atoms with Crippen molar-refractivity contribution >= 4 is 21.6 Å². The first-order valence-electron chi connectivity index (χ1n) is 7.92. The normalized spacial score (nSPS) is 29.6. The summed E-state index contributed by atoms with van der Waals surface area (Å²) in [5.74, 6) is 1.95. The van der Waals surface area contributed by atoms with Crippen molar-refractivity contribution in [2.45, 2.75) is 44.2 Å². The molecule has 0 aliphatic carbocycles. The third-order valence-corrected chi connectivity index (χ3v) is 7.65. The van der Waals surface area contributed by atoms with Crippen molar-refractivity contribution in [1.82, 2.24) is 10.2 Å². The molecule has 2 aliphatic heterocycles. The van der Waals surface area contributed by atoms with Gasteiger partial charge in [0.05, 0.1) is 6.10 Å². The molecule has 0 spiro atoms. The van der Waals surface area contributed by atoms with E-state index >= 15 is 0 Å². The molecule has 3 atom stereocenters. The fourth-order valence-electron chi connectivity index (χ4n) is 2.98. The molecule has 0 bridgehead atoms. The maximum atomic E-state index is 12.3. The molecule has 0 aromatic rings. The standard InChI is InChI=1S/C14H28N2O3S2/c1-3-21(17,18)14-11-20-8-6-16(14)12(2)9-15-10-13-5-4-7-19-13/h12-15H,3-11H2,1-2H3. The van der Waals surface area contributed by atoms with Gasteiger partial charge in [0.25, 0.3) is 0 Å². The largest absolute Gasteiger partial charge is 0.377 e. The van der Waals surface area contributed by atoms with Crippen LogP contribution in [-0.2, 0) is 14.6 Å². The highest BCUT2D eigenvalue weighted by Gasteiger charge is 2.35. The average Bonchev–Trinajstić information content (AvgIpc) is 3.00. The zero-order chi connectivity index (χ0) is 15.3. The molecular weight excluding hydrogens is 308 g/mol. The molecule has 2 fully saturated rings. The van der Waals surface area contributed by atoms with E-state index in [0.717, 1.165) is 44.8 Å². The van der Waals surface area contributed by atoms with Crippen molar-refractivity contribution in [2.75, 3.05) is 43.5 Å². The molecule has 0 aromatic heterocycles. The van der Waals surface area contributed by atoms with Crippen LogP contribution in [0.15, 0.2) is 0 Å². The maximum absolute atomic E-state index is 12.3. The van der Waals surface area contributed by atoms with Crippen molar-refractivity contribution in [3.63, 3.8) is 0 Å². The average molecular weight is 337 g/mol. The Kier molecular flexibility index (Phi) is 6.80. The van der Waals surface area contributed by atoms with Crippen molar-refractivity contribution in [3.05, 3.63) is 0 Å². The summed E-state index contributed by atoms with van der Waals surface area (Å²) in [6.45, 7) is 7.29. The van der Waals surface area contributed by atoms with E-state index in [4.69, 9.17) is 4.74 Å². The molecule has 2 rings (SSSR count). The zero-order valence-corrected chi connectivity index (χ0v) is 14.7. The van der Waals surface area contributed by atoms with Gasteiger partial charge in [-0.3, -0.25) is 4.90 Å². The van der Waals surface area contributed by atoms with Crippen LogP contribution in [0.5, 0.6) is 0 Å². The molecule has 2 saturated heterocycles. The molecule has 0 saturated carbocycles. The molecule has 7 heteroatoms. The van der Waals surface area contributed by atoms with Crippen LogP contribution in [0.3, 0.4) is 0 Å². The van der Waals surface area contributed by atoms with E-state index in [0.29, 0.717) is 11.9 Å². The van der Waals surface area contributed by atoms with Crippen molar-refractivity contribution in [3.8, 4) is 0 Å². The first kappa shape index (κ1) is 17.5. The highest BCUT2D eigenvalue weighted by Crippen LogP contribution is 2.23. The molecule has 3 unspecified atom stereocenters. The van der Waals surface area contributed by atoms with Crippen LogP contribution in [-0.4, -0.2) is 74.3 Å². The minimum atomic E-state index is -3.00. The Morgan fingerprint density at radius 2 is 2.29 bits per heavy atom. The molecule has 1 N–H and O–H groups in total. The molecular formula is C14H28N2O3S2. The van der Waals surface area contributed by atoms with Gasteiger partial charge in [-0.2, -0.15) is 11.8 Å². The van der Waals surface area contributed by atoms with Crippen LogP contribution in [0.2, 0.25) is 0 Å². The number of thioether (sulfide) groups is 1. The smallest absolute Gasteiger partial charge is 0.166 e. The Hall–Kier alpha value is 0.180. The summed E-state index contributed by atoms with van der Waals surface area (Å²) < 4.78 is 30.1. The summed E-state index contributed by atoms with van der Waals surface area (Å²) in [5, 5.41) is 3.13. The predicted molar refractivity (Wildman–Crippen MR) is 88.6 cm³/mol. The summed E-state index contributed by atoms with van der Waals surface area (Å²) in [6.07, 6.45) is 2.63. The van der Waals surface area contributed by atoms with Gasteiger partial charge in [-0.15, -0.1) is 0 Å². The van der Waals surface area contributed by atoms with Gasteiger partial charge in [0.1, 0.15) is 5.37 Å².